The molecular weight excluding hydrogens is 379 g/mol. The Hall–Kier alpha value is -3.30. The van der Waals surface area contributed by atoms with Gasteiger partial charge in [-0.25, -0.2) is 9.07 Å². The highest BCUT2D eigenvalue weighted by atomic mass is 35.5. The molecule has 0 saturated carbocycles. The van der Waals surface area contributed by atoms with Crippen molar-refractivity contribution in [3.05, 3.63) is 87.1 Å². The molecule has 5 nitrogen and oxygen atoms in total. The number of ether oxygens (including phenoxy) is 1. The first-order chi connectivity index (χ1) is 13.4. The molecule has 0 aliphatic carbocycles. The summed E-state index contributed by atoms with van der Waals surface area (Å²) in [6.07, 6.45) is 0. The zero-order valence-corrected chi connectivity index (χ0v) is 16.0. The van der Waals surface area contributed by atoms with Crippen molar-refractivity contribution in [3.63, 3.8) is 0 Å². The van der Waals surface area contributed by atoms with Gasteiger partial charge in [0.1, 0.15) is 17.5 Å². The summed E-state index contributed by atoms with van der Waals surface area (Å²) < 4.78 is 22.1. The first-order valence-corrected chi connectivity index (χ1v) is 8.98. The van der Waals surface area contributed by atoms with Crippen molar-refractivity contribution < 1.29 is 9.13 Å². The maximum absolute atomic E-state index is 14.7. The number of nitriles is 1. The molecule has 1 aliphatic rings. The Morgan fingerprint density at radius 1 is 1.18 bits per heavy atom. The summed E-state index contributed by atoms with van der Waals surface area (Å²) in [5, 5.41) is 14.5. The van der Waals surface area contributed by atoms with Crippen LogP contribution in [0.5, 0.6) is 5.88 Å². The number of halogens is 2. The van der Waals surface area contributed by atoms with E-state index in [2.05, 4.69) is 5.10 Å². The normalized spacial score (nSPS) is 15.8. The molecule has 0 fully saturated rings. The molecule has 2 heterocycles. The molecule has 0 unspecified atom stereocenters. The maximum Gasteiger partial charge on any atom is 0.229 e. The first-order valence-electron chi connectivity index (χ1n) is 8.60. The van der Waals surface area contributed by atoms with Crippen molar-refractivity contribution in [1.29, 1.82) is 5.26 Å². The lowest BCUT2D eigenvalue weighted by Crippen LogP contribution is -2.22. The number of hydrogen-bond acceptors (Lipinski definition) is 4. The van der Waals surface area contributed by atoms with E-state index in [1.807, 2.05) is 37.3 Å². The molecule has 28 heavy (non-hydrogen) atoms. The van der Waals surface area contributed by atoms with E-state index >= 15 is 0 Å². The Morgan fingerprint density at radius 3 is 2.54 bits per heavy atom. The van der Waals surface area contributed by atoms with Gasteiger partial charge in [-0.2, -0.15) is 10.4 Å². The molecule has 0 saturated heterocycles. The second-order valence-electron chi connectivity index (χ2n) is 6.61. The number of rotatable bonds is 2. The van der Waals surface area contributed by atoms with E-state index in [1.165, 1.54) is 12.1 Å². The van der Waals surface area contributed by atoms with E-state index in [0.717, 1.165) is 11.3 Å². The summed E-state index contributed by atoms with van der Waals surface area (Å²) in [5.41, 5.74) is 9.36. The average molecular weight is 395 g/mol. The molecule has 7 heteroatoms. The van der Waals surface area contributed by atoms with Gasteiger partial charge in [0.2, 0.25) is 11.8 Å². The Kier molecular flexibility index (Phi) is 4.33. The van der Waals surface area contributed by atoms with E-state index in [1.54, 1.807) is 17.7 Å². The number of nitrogens with zero attached hydrogens (tertiary/aromatic N) is 3. The van der Waals surface area contributed by atoms with Crippen LogP contribution in [0.1, 0.15) is 28.3 Å². The van der Waals surface area contributed by atoms with Gasteiger partial charge in [0, 0.05) is 10.6 Å². The van der Waals surface area contributed by atoms with Crippen LogP contribution < -0.4 is 10.5 Å². The standard InChI is InChI=1S/C21H16ClFN4O/c1-11-6-8-13(9-7-11)27-21-17(12(2)26-27)18(14(10-24)20(25)28-21)19-15(22)4-3-5-16(19)23/h3-9,18H,25H2,1-2H3/t18-/m1/s1. The third-order valence-electron chi connectivity index (χ3n) is 4.80. The summed E-state index contributed by atoms with van der Waals surface area (Å²) >= 11 is 6.31. The van der Waals surface area contributed by atoms with Gasteiger partial charge in [-0.1, -0.05) is 35.4 Å². The molecule has 0 bridgehead atoms. The number of aryl methyl sites for hydroxylation is 2. The number of nitrogens with two attached hydrogens (primary N) is 1. The fourth-order valence-corrected chi connectivity index (χ4v) is 3.72. The van der Waals surface area contributed by atoms with E-state index < -0.39 is 11.7 Å². The number of aromatic nitrogens is 2. The van der Waals surface area contributed by atoms with Gasteiger partial charge >= 0.3 is 0 Å². The molecule has 1 aliphatic heterocycles. The fourth-order valence-electron chi connectivity index (χ4n) is 3.45. The molecule has 3 aromatic rings. The summed E-state index contributed by atoms with van der Waals surface area (Å²) in [7, 11) is 0. The summed E-state index contributed by atoms with van der Waals surface area (Å²) in [6.45, 7) is 3.77. The smallest absolute Gasteiger partial charge is 0.229 e. The predicted octanol–water partition coefficient (Wildman–Crippen LogP) is 4.50. The van der Waals surface area contributed by atoms with Crippen molar-refractivity contribution in [2.75, 3.05) is 0 Å². The Bertz CT molecular complexity index is 1140. The lowest BCUT2D eigenvalue weighted by atomic mass is 9.84. The third kappa shape index (κ3) is 2.72. The molecule has 1 aromatic heterocycles. The highest BCUT2D eigenvalue weighted by Crippen LogP contribution is 2.47. The number of benzene rings is 2. The average Bonchev–Trinajstić information content (AvgIpc) is 2.98. The lowest BCUT2D eigenvalue weighted by molar-refractivity contribution is 0.366. The molecular formula is C21H16ClFN4O. The minimum Gasteiger partial charge on any atom is -0.422 e. The van der Waals surface area contributed by atoms with Gasteiger partial charge in [-0.15, -0.1) is 0 Å². The Balaban J connectivity index is 2.00. The van der Waals surface area contributed by atoms with Crippen LogP contribution in [0.2, 0.25) is 5.02 Å². The summed E-state index contributed by atoms with van der Waals surface area (Å²) in [4.78, 5) is 0. The fraction of sp³-hybridized carbons (Fsp3) is 0.143. The van der Waals surface area contributed by atoms with Gasteiger partial charge in [-0.3, -0.25) is 0 Å². The predicted molar refractivity (Wildman–Crippen MR) is 104 cm³/mol. The van der Waals surface area contributed by atoms with Crippen molar-refractivity contribution >= 4 is 11.6 Å². The minimum absolute atomic E-state index is 0.0902. The van der Waals surface area contributed by atoms with Crippen LogP contribution in [-0.4, -0.2) is 9.78 Å². The van der Waals surface area contributed by atoms with Gasteiger partial charge in [-0.05, 0) is 38.1 Å². The van der Waals surface area contributed by atoms with Gasteiger partial charge in [0.25, 0.3) is 0 Å². The zero-order valence-electron chi connectivity index (χ0n) is 15.2. The van der Waals surface area contributed by atoms with Gasteiger partial charge < -0.3 is 10.5 Å². The quantitative estimate of drug-likeness (QED) is 0.694. The van der Waals surface area contributed by atoms with Crippen molar-refractivity contribution in [1.82, 2.24) is 9.78 Å². The number of fused-ring (bicyclic) bond motifs is 1. The Labute approximate surface area is 166 Å². The summed E-state index contributed by atoms with van der Waals surface area (Å²) in [5.74, 6) is -1.07. The van der Waals surface area contributed by atoms with Gasteiger partial charge in [0.05, 0.1) is 22.9 Å². The third-order valence-corrected chi connectivity index (χ3v) is 5.13. The lowest BCUT2D eigenvalue weighted by Gasteiger charge is -2.25. The molecule has 2 N–H and O–H groups in total. The van der Waals surface area contributed by atoms with E-state index in [0.29, 0.717) is 17.1 Å². The maximum atomic E-state index is 14.7. The van der Waals surface area contributed by atoms with Crippen LogP contribution in [0, 0.1) is 31.0 Å². The van der Waals surface area contributed by atoms with Crippen LogP contribution in [0.15, 0.2) is 53.9 Å². The largest absolute Gasteiger partial charge is 0.422 e. The topological polar surface area (TPSA) is 76.9 Å². The van der Waals surface area contributed by atoms with Crippen LogP contribution in [0.4, 0.5) is 4.39 Å². The van der Waals surface area contributed by atoms with Crippen molar-refractivity contribution in [2.45, 2.75) is 19.8 Å². The van der Waals surface area contributed by atoms with Crippen LogP contribution in [-0.2, 0) is 0 Å². The highest BCUT2D eigenvalue weighted by Gasteiger charge is 2.38. The van der Waals surface area contributed by atoms with Gasteiger partial charge in [0.15, 0.2) is 0 Å². The minimum atomic E-state index is -0.804. The van der Waals surface area contributed by atoms with E-state index in [-0.39, 0.29) is 22.0 Å². The number of hydrogen-bond donors (Lipinski definition) is 1. The van der Waals surface area contributed by atoms with Crippen molar-refractivity contribution in [2.24, 2.45) is 5.73 Å². The van der Waals surface area contributed by atoms with Crippen molar-refractivity contribution in [3.8, 4) is 17.6 Å². The molecule has 2 aromatic carbocycles. The van der Waals surface area contributed by atoms with E-state index in [9.17, 15) is 9.65 Å². The summed E-state index contributed by atoms with van der Waals surface area (Å²) in [6, 6.07) is 14.2. The second kappa shape index (κ2) is 6.70. The molecule has 0 radical (unpaired) electrons. The first kappa shape index (κ1) is 18.1. The molecule has 1 atom stereocenters. The van der Waals surface area contributed by atoms with Crippen LogP contribution in [0.3, 0.4) is 0 Å². The van der Waals surface area contributed by atoms with Crippen LogP contribution >= 0.6 is 11.6 Å². The molecule has 4 rings (SSSR count). The molecule has 0 spiro atoms. The monoisotopic (exact) mass is 394 g/mol. The SMILES string of the molecule is Cc1ccc(-n2nc(C)c3c2OC(N)=C(C#N)[C@H]3c2c(F)cccc2Cl)cc1. The molecule has 0 amide bonds. The number of allylic oxidation sites excluding steroid dienone is 1. The zero-order chi connectivity index (χ0) is 20.0. The Morgan fingerprint density at radius 2 is 1.89 bits per heavy atom. The second-order valence-corrected chi connectivity index (χ2v) is 7.02. The highest BCUT2D eigenvalue weighted by molar-refractivity contribution is 6.31. The molecule has 140 valence electrons. The van der Waals surface area contributed by atoms with Crippen LogP contribution in [0.25, 0.3) is 5.69 Å². The van der Waals surface area contributed by atoms with E-state index in [4.69, 9.17) is 22.1 Å².